The van der Waals surface area contributed by atoms with Gasteiger partial charge >= 0.3 is 0 Å². The van der Waals surface area contributed by atoms with Crippen LogP contribution in [-0.4, -0.2) is 29.0 Å². The lowest BCUT2D eigenvalue weighted by Crippen LogP contribution is -2.39. The summed E-state index contributed by atoms with van der Waals surface area (Å²) in [5.74, 6) is 0.757. The van der Waals surface area contributed by atoms with Crippen LogP contribution in [0.25, 0.3) is 0 Å². The van der Waals surface area contributed by atoms with E-state index in [1.54, 1.807) is 0 Å². The molecule has 0 unspecified atom stereocenters. The Bertz CT molecular complexity index is 331. The number of hydrogen-bond donors (Lipinski definition) is 0. The predicted molar refractivity (Wildman–Crippen MR) is 75.3 cm³/mol. The molecular formula is C13H20Cl2N2. The Morgan fingerprint density at radius 3 is 2.35 bits per heavy atom. The molecule has 3 rings (SSSR count). The van der Waals surface area contributed by atoms with Crippen LogP contribution >= 0.6 is 24.8 Å². The van der Waals surface area contributed by atoms with Crippen LogP contribution < -0.4 is 0 Å². The molecule has 2 aliphatic heterocycles. The van der Waals surface area contributed by atoms with E-state index < -0.39 is 0 Å². The lowest BCUT2D eigenvalue weighted by Gasteiger charge is -2.36. The minimum Gasteiger partial charge on any atom is -0.300 e. The molecule has 0 saturated carbocycles. The van der Waals surface area contributed by atoms with Crippen molar-refractivity contribution in [1.29, 1.82) is 0 Å². The van der Waals surface area contributed by atoms with Crippen LogP contribution in [-0.2, 0) is 0 Å². The van der Waals surface area contributed by atoms with Gasteiger partial charge in [0.25, 0.3) is 0 Å². The summed E-state index contributed by atoms with van der Waals surface area (Å²) in [6.45, 7) is 0. The molecule has 2 nitrogen and oxygen atoms in total. The van der Waals surface area contributed by atoms with Gasteiger partial charge < -0.3 is 4.90 Å². The molecule has 4 heteroatoms. The molecule has 0 spiro atoms. The zero-order chi connectivity index (χ0) is 10.3. The lowest BCUT2D eigenvalue weighted by atomic mass is 9.86. The minimum absolute atomic E-state index is 0. The van der Waals surface area contributed by atoms with Crippen molar-refractivity contribution in [3.8, 4) is 0 Å². The molecule has 2 saturated heterocycles. The van der Waals surface area contributed by atoms with Gasteiger partial charge in [0.1, 0.15) is 0 Å². The summed E-state index contributed by atoms with van der Waals surface area (Å²) in [6.07, 6.45) is 9.38. The van der Waals surface area contributed by atoms with Crippen molar-refractivity contribution in [2.75, 3.05) is 7.05 Å². The Labute approximate surface area is 116 Å². The van der Waals surface area contributed by atoms with Crippen molar-refractivity contribution in [2.24, 2.45) is 0 Å². The number of aromatic nitrogens is 1. The third kappa shape index (κ3) is 2.75. The van der Waals surface area contributed by atoms with Crippen molar-refractivity contribution >= 4 is 24.8 Å². The number of hydrogen-bond acceptors (Lipinski definition) is 2. The maximum absolute atomic E-state index is 4.24. The fraction of sp³-hybridized carbons (Fsp3) is 0.615. The first-order valence-electron chi connectivity index (χ1n) is 5.96. The SMILES string of the molecule is CN1[C@@H]2CC[C@H]1C[C@H](c1cccnc1)C2.Cl.Cl. The number of fused-ring (bicyclic) bond motifs is 2. The summed E-state index contributed by atoms with van der Waals surface area (Å²) in [5.41, 5.74) is 1.45. The summed E-state index contributed by atoms with van der Waals surface area (Å²) in [7, 11) is 2.29. The highest BCUT2D eigenvalue weighted by Gasteiger charge is 2.38. The summed E-state index contributed by atoms with van der Waals surface area (Å²) in [5, 5.41) is 0. The number of rotatable bonds is 1. The maximum atomic E-state index is 4.24. The van der Waals surface area contributed by atoms with E-state index in [1.165, 1.54) is 31.2 Å². The van der Waals surface area contributed by atoms with Crippen molar-refractivity contribution in [3.63, 3.8) is 0 Å². The predicted octanol–water partition coefficient (Wildman–Crippen LogP) is 3.27. The molecule has 2 fully saturated rings. The van der Waals surface area contributed by atoms with Crippen LogP contribution in [0.1, 0.15) is 37.2 Å². The Balaban J connectivity index is 0.000000722. The molecule has 1 aromatic rings. The standard InChI is InChI=1S/C13H18N2.2ClH/c1-15-12-4-5-13(15)8-11(7-12)10-3-2-6-14-9-10;;/h2-3,6,9,11-13H,4-5,7-8H2,1H3;2*1H/t11-,12-,13+;;. The highest BCUT2D eigenvalue weighted by Crippen LogP contribution is 2.41. The van der Waals surface area contributed by atoms with Gasteiger partial charge in [-0.05, 0) is 50.3 Å². The average Bonchev–Trinajstić information content (AvgIpc) is 2.54. The van der Waals surface area contributed by atoms with Crippen LogP contribution in [0, 0.1) is 0 Å². The molecule has 3 heterocycles. The van der Waals surface area contributed by atoms with Gasteiger partial charge in [0.05, 0.1) is 0 Å². The van der Waals surface area contributed by atoms with E-state index in [-0.39, 0.29) is 24.8 Å². The first-order valence-corrected chi connectivity index (χ1v) is 5.96. The molecule has 1 aromatic heterocycles. The summed E-state index contributed by atoms with van der Waals surface area (Å²) in [4.78, 5) is 6.83. The molecule has 2 bridgehead atoms. The van der Waals surface area contributed by atoms with Gasteiger partial charge in [0, 0.05) is 24.5 Å². The molecule has 2 aliphatic rings. The first kappa shape index (κ1) is 14.7. The largest absolute Gasteiger partial charge is 0.300 e. The van der Waals surface area contributed by atoms with Crippen LogP contribution in [0.2, 0.25) is 0 Å². The third-order valence-electron chi connectivity index (χ3n) is 4.25. The normalized spacial score (nSPS) is 31.5. The lowest BCUT2D eigenvalue weighted by molar-refractivity contribution is 0.161. The average molecular weight is 275 g/mol. The van der Waals surface area contributed by atoms with E-state index >= 15 is 0 Å². The van der Waals surface area contributed by atoms with Gasteiger partial charge in [-0.25, -0.2) is 0 Å². The maximum Gasteiger partial charge on any atom is 0.0302 e. The van der Waals surface area contributed by atoms with Crippen molar-refractivity contribution in [1.82, 2.24) is 9.88 Å². The summed E-state index contributed by atoms with van der Waals surface area (Å²) in [6, 6.07) is 5.96. The smallest absolute Gasteiger partial charge is 0.0302 e. The molecule has 0 amide bonds. The van der Waals surface area contributed by atoms with Gasteiger partial charge in [-0.2, -0.15) is 0 Å². The molecular weight excluding hydrogens is 255 g/mol. The highest BCUT2D eigenvalue weighted by atomic mass is 35.5. The van der Waals surface area contributed by atoms with Gasteiger partial charge in [0.15, 0.2) is 0 Å². The van der Waals surface area contributed by atoms with E-state index in [2.05, 4.69) is 35.3 Å². The zero-order valence-electron chi connectivity index (χ0n) is 10.1. The van der Waals surface area contributed by atoms with Crippen LogP contribution in [0.4, 0.5) is 0 Å². The fourth-order valence-corrected chi connectivity index (χ4v) is 3.30. The first-order chi connectivity index (χ1) is 7.34. The summed E-state index contributed by atoms with van der Waals surface area (Å²) >= 11 is 0. The molecule has 0 radical (unpaired) electrons. The van der Waals surface area contributed by atoms with E-state index in [9.17, 15) is 0 Å². The molecule has 96 valence electrons. The molecule has 3 atom stereocenters. The van der Waals surface area contributed by atoms with Gasteiger partial charge in [-0.1, -0.05) is 6.07 Å². The highest BCUT2D eigenvalue weighted by molar-refractivity contribution is 5.85. The minimum atomic E-state index is 0. The van der Waals surface area contributed by atoms with E-state index in [1.807, 2.05) is 6.20 Å². The number of halogens is 2. The van der Waals surface area contributed by atoms with E-state index in [0.29, 0.717) is 0 Å². The fourth-order valence-electron chi connectivity index (χ4n) is 3.30. The zero-order valence-corrected chi connectivity index (χ0v) is 11.7. The van der Waals surface area contributed by atoms with Crippen LogP contribution in [0.3, 0.4) is 0 Å². The second-order valence-electron chi connectivity index (χ2n) is 5.01. The van der Waals surface area contributed by atoms with Crippen molar-refractivity contribution in [2.45, 2.75) is 43.7 Å². The third-order valence-corrected chi connectivity index (χ3v) is 4.25. The molecule has 0 N–H and O–H groups in total. The van der Waals surface area contributed by atoms with Gasteiger partial charge in [0.2, 0.25) is 0 Å². The van der Waals surface area contributed by atoms with Crippen molar-refractivity contribution < 1.29 is 0 Å². The Hall–Kier alpha value is -0.310. The van der Waals surface area contributed by atoms with Crippen LogP contribution in [0.5, 0.6) is 0 Å². The topological polar surface area (TPSA) is 16.1 Å². The second kappa shape index (κ2) is 6.03. The Morgan fingerprint density at radius 2 is 1.82 bits per heavy atom. The van der Waals surface area contributed by atoms with Crippen LogP contribution in [0.15, 0.2) is 24.5 Å². The second-order valence-corrected chi connectivity index (χ2v) is 5.01. The summed E-state index contributed by atoms with van der Waals surface area (Å²) < 4.78 is 0. The number of piperidine rings is 1. The number of pyridine rings is 1. The van der Waals surface area contributed by atoms with Crippen molar-refractivity contribution in [3.05, 3.63) is 30.1 Å². The quantitative estimate of drug-likeness (QED) is 0.782. The van der Waals surface area contributed by atoms with Gasteiger partial charge in [-0.3, -0.25) is 4.98 Å². The van der Waals surface area contributed by atoms with Gasteiger partial charge in [-0.15, -0.1) is 24.8 Å². The van der Waals surface area contributed by atoms with E-state index in [0.717, 1.165) is 18.0 Å². The molecule has 0 aliphatic carbocycles. The number of nitrogens with zero attached hydrogens (tertiary/aromatic N) is 2. The molecule has 0 aromatic carbocycles. The molecule has 17 heavy (non-hydrogen) atoms. The Kier molecular flexibility index (Phi) is 5.23. The Morgan fingerprint density at radius 1 is 1.18 bits per heavy atom. The monoisotopic (exact) mass is 274 g/mol. The van der Waals surface area contributed by atoms with E-state index in [4.69, 9.17) is 0 Å².